The normalized spacial score (nSPS) is 22.7. The van der Waals surface area contributed by atoms with E-state index in [2.05, 4.69) is 21.8 Å². The summed E-state index contributed by atoms with van der Waals surface area (Å²) in [5, 5.41) is 9.11. The zero-order valence-electron chi connectivity index (χ0n) is 10.8. The fourth-order valence-electron chi connectivity index (χ4n) is 2.56. The second-order valence-electron chi connectivity index (χ2n) is 4.88. The van der Waals surface area contributed by atoms with Gasteiger partial charge in [-0.15, -0.1) is 0 Å². The first-order chi connectivity index (χ1) is 8.59. The molecule has 1 aliphatic heterocycles. The maximum atomic E-state index is 11.1. The molecule has 1 N–H and O–H groups in total. The van der Waals surface area contributed by atoms with Crippen LogP contribution in [0.25, 0.3) is 0 Å². The molecular formula is C13H19N3O2. The van der Waals surface area contributed by atoms with Crippen molar-refractivity contribution >= 4 is 5.97 Å². The second kappa shape index (κ2) is 5.44. The van der Waals surface area contributed by atoms with Crippen LogP contribution >= 0.6 is 0 Å². The number of carboxylic acid groups (broad SMARTS) is 1. The Kier molecular flexibility index (Phi) is 3.91. The van der Waals surface area contributed by atoms with Crippen molar-refractivity contribution < 1.29 is 9.90 Å². The van der Waals surface area contributed by atoms with Gasteiger partial charge in [0.25, 0.3) is 0 Å². The van der Waals surface area contributed by atoms with Crippen LogP contribution in [0, 0.1) is 12.8 Å². The van der Waals surface area contributed by atoms with Crippen molar-refractivity contribution in [3.63, 3.8) is 0 Å². The summed E-state index contributed by atoms with van der Waals surface area (Å²) in [5.41, 5.74) is 1.87. The van der Waals surface area contributed by atoms with E-state index in [4.69, 9.17) is 5.11 Å². The van der Waals surface area contributed by atoms with E-state index in [1.807, 2.05) is 6.92 Å². The number of hydrogen-bond acceptors (Lipinski definition) is 4. The third-order valence-corrected chi connectivity index (χ3v) is 3.66. The molecule has 0 bridgehead atoms. The van der Waals surface area contributed by atoms with E-state index < -0.39 is 5.97 Å². The number of aryl methyl sites for hydroxylation is 1. The average Bonchev–Trinajstić information content (AvgIpc) is 2.38. The molecule has 0 spiro atoms. The fraction of sp³-hybridized carbons (Fsp3) is 0.615. The summed E-state index contributed by atoms with van der Waals surface area (Å²) in [6, 6.07) is 0.126. The minimum atomic E-state index is -0.692. The molecular weight excluding hydrogens is 230 g/mol. The van der Waals surface area contributed by atoms with Gasteiger partial charge in [0.2, 0.25) is 0 Å². The van der Waals surface area contributed by atoms with E-state index >= 15 is 0 Å². The van der Waals surface area contributed by atoms with E-state index in [9.17, 15) is 4.79 Å². The molecule has 0 radical (unpaired) electrons. The Morgan fingerprint density at radius 3 is 2.89 bits per heavy atom. The first kappa shape index (κ1) is 13.0. The Morgan fingerprint density at radius 1 is 1.50 bits per heavy atom. The summed E-state index contributed by atoms with van der Waals surface area (Å²) in [7, 11) is 0. The van der Waals surface area contributed by atoms with Crippen molar-refractivity contribution in [2.75, 3.05) is 13.1 Å². The molecule has 0 amide bonds. The number of aliphatic carboxylic acids is 1. The van der Waals surface area contributed by atoms with Crippen LogP contribution in [-0.2, 0) is 4.79 Å². The molecule has 0 aliphatic carbocycles. The molecule has 0 saturated carbocycles. The molecule has 2 atom stereocenters. The Morgan fingerprint density at radius 2 is 2.22 bits per heavy atom. The van der Waals surface area contributed by atoms with Crippen molar-refractivity contribution in [1.82, 2.24) is 14.9 Å². The van der Waals surface area contributed by atoms with E-state index in [1.54, 1.807) is 12.4 Å². The molecule has 1 fully saturated rings. The van der Waals surface area contributed by atoms with Crippen molar-refractivity contribution in [1.29, 1.82) is 0 Å². The summed E-state index contributed by atoms with van der Waals surface area (Å²) in [4.78, 5) is 21.9. The molecule has 2 rings (SSSR count). The molecule has 0 aromatic carbocycles. The van der Waals surface area contributed by atoms with Gasteiger partial charge in [-0.2, -0.15) is 0 Å². The Bertz CT molecular complexity index is 436. The van der Waals surface area contributed by atoms with Crippen molar-refractivity contribution in [3.8, 4) is 0 Å². The summed E-state index contributed by atoms with van der Waals surface area (Å²) in [6.07, 6.45) is 5.08. The number of carboxylic acids is 1. The Balaban J connectivity index is 2.11. The van der Waals surface area contributed by atoms with Crippen LogP contribution in [-0.4, -0.2) is 39.0 Å². The molecule has 2 heterocycles. The topological polar surface area (TPSA) is 66.3 Å². The summed E-state index contributed by atoms with van der Waals surface area (Å²) < 4.78 is 0. The number of aromatic nitrogens is 2. The second-order valence-corrected chi connectivity index (χ2v) is 4.88. The molecule has 5 heteroatoms. The lowest BCUT2D eigenvalue weighted by Crippen LogP contribution is -2.40. The smallest absolute Gasteiger partial charge is 0.307 e. The molecule has 2 unspecified atom stereocenters. The van der Waals surface area contributed by atoms with Gasteiger partial charge in [-0.25, -0.2) is 0 Å². The zero-order chi connectivity index (χ0) is 13.1. The minimum Gasteiger partial charge on any atom is -0.481 e. The summed E-state index contributed by atoms with van der Waals surface area (Å²) in [6.45, 7) is 5.55. The third kappa shape index (κ3) is 2.67. The molecule has 1 saturated heterocycles. The first-order valence-electron chi connectivity index (χ1n) is 6.34. The zero-order valence-corrected chi connectivity index (χ0v) is 10.8. The van der Waals surface area contributed by atoms with Gasteiger partial charge in [-0.3, -0.25) is 19.7 Å². The van der Waals surface area contributed by atoms with Crippen LogP contribution < -0.4 is 0 Å². The number of nitrogens with zero attached hydrogens (tertiary/aromatic N) is 3. The van der Waals surface area contributed by atoms with Crippen LogP contribution in [0.4, 0.5) is 0 Å². The number of carbonyl (C=O) groups is 1. The van der Waals surface area contributed by atoms with Gasteiger partial charge in [-0.05, 0) is 33.2 Å². The van der Waals surface area contributed by atoms with E-state index in [0.29, 0.717) is 6.54 Å². The highest BCUT2D eigenvalue weighted by Crippen LogP contribution is 2.26. The molecule has 1 aromatic rings. The van der Waals surface area contributed by atoms with Crippen LogP contribution in [0.5, 0.6) is 0 Å². The van der Waals surface area contributed by atoms with Crippen LogP contribution in [0.1, 0.15) is 37.2 Å². The Hall–Kier alpha value is -1.49. The van der Waals surface area contributed by atoms with Gasteiger partial charge < -0.3 is 5.11 Å². The lowest BCUT2D eigenvalue weighted by Gasteiger charge is -2.35. The average molecular weight is 249 g/mol. The maximum Gasteiger partial charge on any atom is 0.307 e. The largest absolute Gasteiger partial charge is 0.481 e. The van der Waals surface area contributed by atoms with Crippen LogP contribution in [0.2, 0.25) is 0 Å². The molecule has 98 valence electrons. The van der Waals surface area contributed by atoms with E-state index in [-0.39, 0.29) is 12.0 Å². The molecule has 5 nitrogen and oxygen atoms in total. The highest BCUT2D eigenvalue weighted by molar-refractivity contribution is 5.70. The minimum absolute atomic E-state index is 0.126. The molecule has 18 heavy (non-hydrogen) atoms. The standard InChI is InChI=1S/C13H19N3O2/c1-9-12(15-6-5-14-9)10(2)16-7-3-4-11(8-16)13(17)18/h5-6,10-11H,3-4,7-8H2,1-2H3,(H,17,18). The van der Waals surface area contributed by atoms with Crippen molar-refractivity contribution in [3.05, 3.63) is 23.8 Å². The van der Waals surface area contributed by atoms with E-state index in [1.165, 1.54) is 0 Å². The van der Waals surface area contributed by atoms with Gasteiger partial charge >= 0.3 is 5.97 Å². The van der Waals surface area contributed by atoms with Gasteiger partial charge in [0, 0.05) is 18.9 Å². The quantitative estimate of drug-likeness (QED) is 0.882. The van der Waals surface area contributed by atoms with Crippen LogP contribution in [0.3, 0.4) is 0 Å². The Labute approximate surface area is 107 Å². The predicted octanol–water partition coefficient (Wildman–Crippen LogP) is 1.64. The van der Waals surface area contributed by atoms with Gasteiger partial charge in [0.15, 0.2) is 0 Å². The monoisotopic (exact) mass is 249 g/mol. The molecule has 1 aliphatic rings. The fourth-order valence-corrected chi connectivity index (χ4v) is 2.56. The van der Waals surface area contributed by atoms with Gasteiger partial charge in [0.1, 0.15) is 0 Å². The lowest BCUT2D eigenvalue weighted by molar-refractivity contribution is -0.143. The summed E-state index contributed by atoms with van der Waals surface area (Å²) >= 11 is 0. The third-order valence-electron chi connectivity index (χ3n) is 3.66. The first-order valence-corrected chi connectivity index (χ1v) is 6.34. The number of rotatable bonds is 3. The van der Waals surface area contributed by atoms with Crippen LogP contribution in [0.15, 0.2) is 12.4 Å². The SMILES string of the molecule is Cc1nccnc1C(C)N1CCCC(C(=O)O)C1. The maximum absolute atomic E-state index is 11.1. The van der Waals surface area contributed by atoms with Gasteiger partial charge in [0.05, 0.1) is 23.3 Å². The summed E-state index contributed by atoms with van der Waals surface area (Å²) in [5.74, 6) is -0.944. The van der Waals surface area contributed by atoms with Gasteiger partial charge in [-0.1, -0.05) is 0 Å². The van der Waals surface area contributed by atoms with Crippen molar-refractivity contribution in [2.45, 2.75) is 32.7 Å². The predicted molar refractivity (Wildman–Crippen MR) is 67.1 cm³/mol. The number of piperidine rings is 1. The van der Waals surface area contributed by atoms with Crippen molar-refractivity contribution in [2.24, 2.45) is 5.92 Å². The number of likely N-dealkylation sites (tertiary alicyclic amines) is 1. The molecule has 1 aromatic heterocycles. The lowest BCUT2D eigenvalue weighted by atomic mass is 9.96. The van der Waals surface area contributed by atoms with E-state index in [0.717, 1.165) is 30.8 Å². The highest BCUT2D eigenvalue weighted by atomic mass is 16.4. The number of hydrogen-bond donors (Lipinski definition) is 1. The highest BCUT2D eigenvalue weighted by Gasteiger charge is 2.29.